The highest BCUT2D eigenvalue weighted by atomic mass is 19.4. The normalized spacial score (nSPS) is 15.8. The summed E-state index contributed by atoms with van der Waals surface area (Å²) in [6.07, 6.45) is 6.23. The number of aromatic amines is 1. The zero-order valence-corrected chi connectivity index (χ0v) is 19.5. The molecule has 1 saturated heterocycles. The summed E-state index contributed by atoms with van der Waals surface area (Å²) in [6, 6.07) is 6.32. The quantitative estimate of drug-likeness (QED) is 0.395. The fraction of sp³-hybridized carbons (Fsp3) is 0.304. The van der Waals surface area contributed by atoms with Crippen LogP contribution < -0.4 is 4.90 Å². The lowest BCUT2D eigenvalue weighted by atomic mass is 9.96. The van der Waals surface area contributed by atoms with Gasteiger partial charge in [-0.1, -0.05) is 0 Å². The van der Waals surface area contributed by atoms with Gasteiger partial charge in [0.15, 0.2) is 0 Å². The van der Waals surface area contributed by atoms with E-state index in [0.29, 0.717) is 24.3 Å². The van der Waals surface area contributed by atoms with Crippen molar-refractivity contribution in [2.75, 3.05) is 18.0 Å². The van der Waals surface area contributed by atoms with E-state index in [-0.39, 0.29) is 12.0 Å². The standard InChI is InChI=1S/C21H18N10.C2HF3O2/c22-4-1-18(14-3-6-30(10-14)21-15(7-23)8-24-12-28-21)31-11-16(9-29-31)19-17-2-5-25-20(17)27-13-26-19;3-2(4,5)1(6)7/h2,5,8-9,11-14,18H,1,3,6,10H2,(H,25,26,27);(H,6,7)/t14-,18-;/m0./s1. The van der Waals surface area contributed by atoms with Gasteiger partial charge in [0.1, 0.15) is 35.8 Å². The second-order valence-corrected chi connectivity index (χ2v) is 8.27. The summed E-state index contributed by atoms with van der Waals surface area (Å²) < 4.78 is 33.6. The van der Waals surface area contributed by atoms with Crippen molar-refractivity contribution in [2.45, 2.75) is 25.1 Å². The number of fused-ring (bicyclic) bond motifs is 1. The number of rotatable bonds is 5. The minimum absolute atomic E-state index is 0.0836. The van der Waals surface area contributed by atoms with Crippen molar-refractivity contribution < 1.29 is 23.1 Å². The molecule has 1 aliphatic heterocycles. The number of H-pyrrole nitrogens is 1. The van der Waals surface area contributed by atoms with Crippen molar-refractivity contribution in [3.05, 3.63) is 49.1 Å². The number of hydrogen-bond donors (Lipinski definition) is 2. The van der Waals surface area contributed by atoms with Gasteiger partial charge in [0.05, 0.1) is 36.6 Å². The van der Waals surface area contributed by atoms with Crippen LogP contribution in [0.2, 0.25) is 0 Å². The molecule has 5 heterocycles. The number of aromatic nitrogens is 7. The van der Waals surface area contributed by atoms with Gasteiger partial charge in [0.2, 0.25) is 0 Å². The number of hydrogen-bond acceptors (Lipinski definition) is 9. The van der Waals surface area contributed by atoms with E-state index in [1.165, 1.54) is 18.9 Å². The molecule has 38 heavy (non-hydrogen) atoms. The van der Waals surface area contributed by atoms with Crippen molar-refractivity contribution in [3.63, 3.8) is 0 Å². The number of anilines is 1. The number of carbonyl (C=O) groups is 1. The van der Waals surface area contributed by atoms with Gasteiger partial charge in [0.25, 0.3) is 0 Å². The highest BCUT2D eigenvalue weighted by Gasteiger charge is 2.38. The molecule has 2 atom stereocenters. The zero-order chi connectivity index (χ0) is 27.3. The summed E-state index contributed by atoms with van der Waals surface area (Å²) in [4.78, 5) is 31.0. The third kappa shape index (κ3) is 5.52. The van der Waals surface area contributed by atoms with Crippen molar-refractivity contribution in [1.29, 1.82) is 10.5 Å². The third-order valence-corrected chi connectivity index (χ3v) is 5.99. The molecule has 1 fully saturated rings. The van der Waals surface area contributed by atoms with Crippen LogP contribution in [0.15, 0.2) is 43.5 Å². The van der Waals surface area contributed by atoms with Crippen molar-refractivity contribution >= 4 is 22.8 Å². The Morgan fingerprint density at radius 2 is 2.03 bits per heavy atom. The van der Waals surface area contributed by atoms with E-state index in [9.17, 15) is 23.7 Å². The summed E-state index contributed by atoms with van der Waals surface area (Å²) in [5.41, 5.74) is 2.92. The average molecular weight is 524 g/mol. The second-order valence-electron chi connectivity index (χ2n) is 8.27. The minimum atomic E-state index is -5.08. The SMILES string of the molecule is N#CC[C@@H]([C@H]1CCN(c2ncncc2C#N)C1)n1cc(-c2ncnc3[nH]ccc23)cn1.O=C(O)C(F)(F)F. The van der Waals surface area contributed by atoms with E-state index < -0.39 is 12.1 Å². The Hall–Kier alpha value is -5.05. The van der Waals surface area contributed by atoms with Gasteiger partial charge in [-0.15, -0.1) is 0 Å². The maximum absolute atomic E-state index is 10.6. The van der Waals surface area contributed by atoms with Crippen LogP contribution in [-0.4, -0.2) is 65.0 Å². The molecular formula is C23H19F3N10O2. The van der Waals surface area contributed by atoms with Gasteiger partial charge >= 0.3 is 12.1 Å². The predicted molar refractivity (Wildman–Crippen MR) is 125 cm³/mol. The molecule has 0 spiro atoms. The first-order valence-corrected chi connectivity index (χ1v) is 11.2. The van der Waals surface area contributed by atoms with E-state index in [1.54, 1.807) is 6.20 Å². The molecule has 5 rings (SSSR count). The largest absolute Gasteiger partial charge is 0.490 e. The maximum atomic E-state index is 10.6. The minimum Gasteiger partial charge on any atom is -0.475 e. The van der Waals surface area contributed by atoms with Gasteiger partial charge < -0.3 is 15.0 Å². The fourth-order valence-corrected chi connectivity index (χ4v) is 4.26. The first kappa shape index (κ1) is 26.0. The van der Waals surface area contributed by atoms with Gasteiger partial charge in [-0.25, -0.2) is 24.7 Å². The van der Waals surface area contributed by atoms with Crippen LogP contribution in [0.25, 0.3) is 22.3 Å². The maximum Gasteiger partial charge on any atom is 0.490 e. The number of nitrogens with one attached hydrogen (secondary N) is 1. The molecule has 0 saturated carbocycles. The van der Waals surface area contributed by atoms with E-state index in [2.05, 4.69) is 47.1 Å². The van der Waals surface area contributed by atoms with Crippen LogP contribution in [-0.2, 0) is 4.79 Å². The number of carboxylic acids is 1. The van der Waals surface area contributed by atoms with Crippen molar-refractivity contribution in [2.24, 2.45) is 5.92 Å². The van der Waals surface area contributed by atoms with Gasteiger partial charge in [0, 0.05) is 42.4 Å². The van der Waals surface area contributed by atoms with Crippen molar-refractivity contribution in [1.82, 2.24) is 34.7 Å². The van der Waals surface area contributed by atoms with Gasteiger partial charge in [-0.05, 0) is 12.5 Å². The van der Waals surface area contributed by atoms with Crippen LogP contribution in [0.3, 0.4) is 0 Å². The molecule has 194 valence electrons. The molecular weight excluding hydrogens is 505 g/mol. The summed E-state index contributed by atoms with van der Waals surface area (Å²) in [5.74, 6) is -1.91. The number of aliphatic carboxylic acids is 1. The molecule has 0 aliphatic carbocycles. The summed E-state index contributed by atoms with van der Waals surface area (Å²) >= 11 is 0. The molecule has 12 nitrogen and oxygen atoms in total. The monoisotopic (exact) mass is 524 g/mol. The summed E-state index contributed by atoms with van der Waals surface area (Å²) in [5, 5.41) is 31.5. The molecule has 4 aromatic rings. The number of alkyl halides is 3. The van der Waals surface area contributed by atoms with Crippen LogP contribution in [0, 0.1) is 28.6 Å². The Labute approximate surface area is 213 Å². The van der Waals surface area contributed by atoms with Gasteiger partial charge in [-0.2, -0.15) is 28.8 Å². The fourth-order valence-electron chi connectivity index (χ4n) is 4.26. The van der Waals surface area contributed by atoms with Crippen molar-refractivity contribution in [3.8, 4) is 23.4 Å². The third-order valence-electron chi connectivity index (χ3n) is 5.99. The lowest BCUT2D eigenvalue weighted by molar-refractivity contribution is -0.192. The predicted octanol–water partition coefficient (Wildman–Crippen LogP) is 3.10. The summed E-state index contributed by atoms with van der Waals surface area (Å²) in [6.45, 7) is 1.46. The lowest BCUT2D eigenvalue weighted by Crippen LogP contribution is -2.26. The molecule has 0 aromatic carbocycles. The van der Waals surface area contributed by atoms with Crippen LogP contribution in [0.4, 0.5) is 19.0 Å². The molecule has 0 amide bonds. The van der Waals surface area contributed by atoms with E-state index in [1.807, 2.05) is 23.1 Å². The first-order valence-electron chi connectivity index (χ1n) is 11.2. The Morgan fingerprint density at radius 1 is 1.24 bits per heavy atom. The Balaban J connectivity index is 0.000000426. The van der Waals surface area contributed by atoms with Crippen LogP contribution in [0.5, 0.6) is 0 Å². The number of carboxylic acid groups (broad SMARTS) is 1. The molecule has 15 heteroatoms. The molecule has 1 aliphatic rings. The zero-order valence-electron chi connectivity index (χ0n) is 19.5. The average Bonchev–Trinajstić information content (AvgIpc) is 3.68. The molecule has 2 N–H and O–H groups in total. The van der Waals surface area contributed by atoms with E-state index >= 15 is 0 Å². The molecule has 4 aromatic heterocycles. The van der Waals surface area contributed by atoms with Crippen LogP contribution >= 0.6 is 0 Å². The van der Waals surface area contributed by atoms with Gasteiger partial charge in [-0.3, -0.25) is 4.68 Å². The van der Waals surface area contributed by atoms with E-state index in [4.69, 9.17) is 9.90 Å². The lowest BCUT2D eigenvalue weighted by Gasteiger charge is -2.23. The first-order chi connectivity index (χ1) is 18.2. The summed E-state index contributed by atoms with van der Waals surface area (Å²) in [7, 11) is 0. The highest BCUT2D eigenvalue weighted by Crippen LogP contribution is 2.34. The molecule has 0 radical (unpaired) electrons. The molecule has 0 bridgehead atoms. The smallest absolute Gasteiger partial charge is 0.475 e. The van der Waals surface area contributed by atoms with Crippen LogP contribution in [0.1, 0.15) is 24.4 Å². The molecule has 0 unspecified atom stereocenters. The Bertz CT molecular complexity index is 1520. The number of halogens is 3. The number of nitriles is 2. The highest BCUT2D eigenvalue weighted by molar-refractivity contribution is 5.90. The topological polar surface area (TPSA) is 173 Å². The van der Waals surface area contributed by atoms with E-state index in [0.717, 1.165) is 35.3 Å². The second kappa shape index (κ2) is 10.9. The Morgan fingerprint density at radius 3 is 2.74 bits per heavy atom. The number of nitrogens with zero attached hydrogens (tertiary/aromatic N) is 9. The Kier molecular flexibility index (Phi) is 7.48.